The molecule has 0 aliphatic rings. The zero-order chi connectivity index (χ0) is 21.0. The van der Waals surface area contributed by atoms with Crippen LogP contribution < -0.4 is 10.6 Å². The molecule has 0 saturated heterocycles. The van der Waals surface area contributed by atoms with Crippen molar-refractivity contribution in [1.82, 2.24) is 24.9 Å². The number of aromatic nitrogens is 4. The Balaban J connectivity index is 1.48. The van der Waals surface area contributed by atoms with Gasteiger partial charge >= 0.3 is 0 Å². The number of hydrogen-bond donors (Lipinski definition) is 2. The van der Waals surface area contributed by atoms with E-state index in [1.165, 1.54) is 5.69 Å². The Morgan fingerprint density at radius 1 is 1.00 bits per heavy atom. The van der Waals surface area contributed by atoms with Crippen LogP contribution in [0.5, 0.6) is 0 Å². The van der Waals surface area contributed by atoms with Crippen LogP contribution in [0, 0.1) is 20.8 Å². The molecule has 2 N–H and O–H groups in total. The van der Waals surface area contributed by atoms with E-state index in [-0.39, 0.29) is 0 Å². The predicted molar refractivity (Wildman–Crippen MR) is 123 cm³/mol. The Bertz CT molecular complexity index is 1010. The standard InChI is InChI=1S/C20H24Cl2N6S/c1-13-9-14(2)27(25-13)8-4-7-23-20(29)24-19-10-15(3)28(26-19)12-16-5-6-17(21)18(22)11-16/h5-6,9-11H,4,7-8,12H2,1-3H3,(H2,23,24,26,29). The lowest BCUT2D eigenvalue weighted by Crippen LogP contribution is -2.30. The van der Waals surface area contributed by atoms with E-state index in [0.29, 0.717) is 27.5 Å². The zero-order valence-electron chi connectivity index (χ0n) is 16.7. The van der Waals surface area contributed by atoms with Crippen LogP contribution in [0.2, 0.25) is 10.0 Å². The molecule has 9 heteroatoms. The molecule has 1 aromatic carbocycles. The van der Waals surface area contributed by atoms with Crippen molar-refractivity contribution in [3.05, 3.63) is 63.0 Å². The van der Waals surface area contributed by atoms with Gasteiger partial charge in [-0.2, -0.15) is 10.2 Å². The minimum Gasteiger partial charge on any atom is -0.362 e. The molecule has 0 spiro atoms. The van der Waals surface area contributed by atoms with Crippen molar-refractivity contribution in [2.24, 2.45) is 0 Å². The quantitative estimate of drug-likeness (QED) is 0.402. The summed E-state index contributed by atoms with van der Waals surface area (Å²) in [5.74, 6) is 0.707. The molecular formula is C20H24Cl2N6S. The van der Waals surface area contributed by atoms with Gasteiger partial charge in [0.2, 0.25) is 0 Å². The summed E-state index contributed by atoms with van der Waals surface area (Å²) >= 11 is 17.5. The third kappa shape index (κ3) is 5.95. The van der Waals surface area contributed by atoms with Crippen LogP contribution in [0.25, 0.3) is 0 Å². The topological polar surface area (TPSA) is 59.7 Å². The van der Waals surface area contributed by atoms with E-state index in [0.717, 1.165) is 36.5 Å². The fourth-order valence-corrected chi connectivity index (χ4v) is 3.56. The smallest absolute Gasteiger partial charge is 0.171 e. The first kappa shape index (κ1) is 21.6. The van der Waals surface area contributed by atoms with Crippen molar-refractivity contribution in [2.75, 3.05) is 11.9 Å². The van der Waals surface area contributed by atoms with Gasteiger partial charge in [-0.05, 0) is 63.2 Å². The number of nitrogens with zero attached hydrogens (tertiary/aromatic N) is 4. The third-order valence-corrected chi connectivity index (χ3v) is 5.46. The van der Waals surface area contributed by atoms with Crippen molar-refractivity contribution in [2.45, 2.75) is 40.3 Å². The molecule has 0 radical (unpaired) electrons. The van der Waals surface area contributed by atoms with Crippen molar-refractivity contribution in [3.8, 4) is 0 Å². The summed E-state index contributed by atoms with van der Waals surface area (Å²) in [5, 5.41) is 17.0. The molecule has 0 saturated carbocycles. The van der Waals surface area contributed by atoms with E-state index in [1.54, 1.807) is 6.07 Å². The molecule has 0 unspecified atom stereocenters. The lowest BCUT2D eigenvalue weighted by molar-refractivity contribution is 0.558. The predicted octanol–water partition coefficient (Wildman–Crippen LogP) is 4.74. The number of hydrogen-bond acceptors (Lipinski definition) is 3. The summed E-state index contributed by atoms with van der Waals surface area (Å²) in [6, 6.07) is 9.63. The highest BCUT2D eigenvalue weighted by atomic mass is 35.5. The van der Waals surface area contributed by atoms with Crippen LogP contribution in [-0.2, 0) is 13.1 Å². The molecule has 2 heterocycles. The molecule has 3 rings (SSSR count). The van der Waals surface area contributed by atoms with Gasteiger partial charge in [0.25, 0.3) is 0 Å². The molecule has 3 aromatic rings. The molecule has 0 aliphatic carbocycles. The number of thiocarbonyl (C=S) groups is 1. The van der Waals surface area contributed by atoms with Gasteiger partial charge in [-0.3, -0.25) is 9.36 Å². The van der Waals surface area contributed by atoms with E-state index in [2.05, 4.69) is 33.8 Å². The Kier molecular flexibility index (Phi) is 7.16. The van der Waals surface area contributed by atoms with E-state index in [1.807, 2.05) is 41.4 Å². The number of anilines is 1. The monoisotopic (exact) mass is 450 g/mol. The first-order valence-corrected chi connectivity index (χ1v) is 10.5. The molecule has 0 atom stereocenters. The molecule has 29 heavy (non-hydrogen) atoms. The highest BCUT2D eigenvalue weighted by molar-refractivity contribution is 7.80. The molecule has 0 bridgehead atoms. The number of rotatable bonds is 7. The molecular weight excluding hydrogens is 427 g/mol. The summed E-state index contributed by atoms with van der Waals surface area (Å²) in [5.41, 5.74) is 4.26. The number of nitrogens with one attached hydrogen (secondary N) is 2. The van der Waals surface area contributed by atoms with Crippen LogP contribution in [0.3, 0.4) is 0 Å². The summed E-state index contributed by atoms with van der Waals surface area (Å²) in [6.07, 6.45) is 0.925. The van der Waals surface area contributed by atoms with Crippen LogP contribution >= 0.6 is 35.4 Å². The lowest BCUT2D eigenvalue weighted by atomic mass is 10.2. The summed E-state index contributed by atoms with van der Waals surface area (Å²) in [6.45, 7) is 8.29. The maximum Gasteiger partial charge on any atom is 0.171 e. The van der Waals surface area contributed by atoms with Gasteiger partial charge in [-0.15, -0.1) is 0 Å². The van der Waals surface area contributed by atoms with Gasteiger partial charge in [0.15, 0.2) is 10.9 Å². The van der Waals surface area contributed by atoms with Crippen molar-refractivity contribution in [1.29, 1.82) is 0 Å². The van der Waals surface area contributed by atoms with Crippen LogP contribution in [-0.4, -0.2) is 31.2 Å². The SMILES string of the molecule is Cc1cc(C)n(CCCNC(=S)Nc2cc(C)n(Cc3ccc(Cl)c(Cl)c3)n2)n1. The van der Waals surface area contributed by atoms with E-state index in [4.69, 9.17) is 35.4 Å². The molecule has 2 aromatic heterocycles. The van der Waals surface area contributed by atoms with Gasteiger partial charge in [-0.1, -0.05) is 29.3 Å². The Labute approximate surface area is 186 Å². The summed E-state index contributed by atoms with van der Waals surface area (Å²) in [7, 11) is 0. The Morgan fingerprint density at radius 3 is 2.45 bits per heavy atom. The maximum atomic E-state index is 6.10. The molecule has 154 valence electrons. The van der Waals surface area contributed by atoms with Crippen LogP contribution in [0.4, 0.5) is 5.82 Å². The lowest BCUT2D eigenvalue weighted by Gasteiger charge is -2.09. The second-order valence-corrected chi connectivity index (χ2v) is 8.18. The average molecular weight is 451 g/mol. The fraction of sp³-hybridized carbons (Fsp3) is 0.350. The minimum atomic E-state index is 0.540. The first-order chi connectivity index (χ1) is 13.8. The molecule has 0 amide bonds. The van der Waals surface area contributed by atoms with Gasteiger partial charge in [0.1, 0.15) is 0 Å². The van der Waals surface area contributed by atoms with E-state index < -0.39 is 0 Å². The highest BCUT2D eigenvalue weighted by Gasteiger charge is 2.08. The van der Waals surface area contributed by atoms with E-state index >= 15 is 0 Å². The Morgan fingerprint density at radius 2 is 1.76 bits per heavy atom. The number of aryl methyl sites for hydroxylation is 4. The van der Waals surface area contributed by atoms with Gasteiger partial charge < -0.3 is 10.6 Å². The van der Waals surface area contributed by atoms with E-state index in [9.17, 15) is 0 Å². The molecule has 0 fully saturated rings. The van der Waals surface area contributed by atoms with Crippen molar-refractivity contribution in [3.63, 3.8) is 0 Å². The van der Waals surface area contributed by atoms with Gasteiger partial charge in [0, 0.05) is 30.5 Å². The Hall–Kier alpha value is -2.09. The summed E-state index contributed by atoms with van der Waals surface area (Å²) < 4.78 is 3.91. The zero-order valence-corrected chi connectivity index (χ0v) is 19.0. The van der Waals surface area contributed by atoms with Gasteiger partial charge in [-0.25, -0.2) is 0 Å². The molecule has 0 aliphatic heterocycles. The largest absolute Gasteiger partial charge is 0.362 e. The highest BCUT2D eigenvalue weighted by Crippen LogP contribution is 2.23. The minimum absolute atomic E-state index is 0.540. The number of benzene rings is 1. The van der Waals surface area contributed by atoms with Crippen molar-refractivity contribution >= 4 is 46.4 Å². The normalized spacial score (nSPS) is 10.9. The maximum absolute atomic E-state index is 6.10. The van der Waals surface area contributed by atoms with Gasteiger partial charge in [0.05, 0.1) is 22.3 Å². The second kappa shape index (κ2) is 9.61. The number of halogens is 2. The first-order valence-electron chi connectivity index (χ1n) is 9.36. The van der Waals surface area contributed by atoms with Crippen LogP contribution in [0.15, 0.2) is 30.3 Å². The van der Waals surface area contributed by atoms with Crippen LogP contribution in [0.1, 0.15) is 29.1 Å². The van der Waals surface area contributed by atoms with Crippen molar-refractivity contribution < 1.29 is 0 Å². The second-order valence-electron chi connectivity index (χ2n) is 6.96. The fourth-order valence-electron chi connectivity index (χ4n) is 3.03. The molecule has 6 nitrogen and oxygen atoms in total. The summed E-state index contributed by atoms with van der Waals surface area (Å²) in [4.78, 5) is 0. The third-order valence-electron chi connectivity index (χ3n) is 4.47. The average Bonchev–Trinajstić information content (AvgIpc) is 3.16.